The van der Waals surface area contributed by atoms with Crippen molar-refractivity contribution in [1.29, 1.82) is 0 Å². The highest BCUT2D eigenvalue weighted by Crippen LogP contribution is 2.28. The first-order chi connectivity index (χ1) is 16.2. The SMILES string of the molecule is CCOc1ccc(-c2c(C(=O)N/N=C\C=C\c3ccccc3)nnn2-c2nonc2N)cc1. The van der Waals surface area contributed by atoms with Gasteiger partial charge in [-0.1, -0.05) is 41.6 Å². The number of rotatable bonds is 8. The maximum absolute atomic E-state index is 12.8. The molecule has 0 bridgehead atoms. The molecule has 2 aromatic carbocycles. The zero-order valence-electron chi connectivity index (χ0n) is 17.6. The van der Waals surface area contributed by atoms with E-state index in [2.05, 4.69) is 35.8 Å². The van der Waals surface area contributed by atoms with Crippen LogP contribution in [0.2, 0.25) is 0 Å². The lowest BCUT2D eigenvalue weighted by Gasteiger charge is -2.07. The van der Waals surface area contributed by atoms with Crippen molar-refractivity contribution in [2.75, 3.05) is 12.3 Å². The zero-order valence-corrected chi connectivity index (χ0v) is 17.6. The standard InChI is InChI=1S/C22H20N8O3/c1-2-32-17-12-10-16(11-13-17)19-18(25-29-30(19)21-20(23)27-33-28-21)22(31)26-24-14-6-9-15-7-4-3-5-8-15/h3-14H,2H2,1H3,(H2,23,27)(H,26,31)/b9-6+,24-14-. The highest BCUT2D eigenvalue weighted by Gasteiger charge is 2.25. The van der Waals surface area contributed by atoms with Gasteiger partial charge in [0.2, 0.25) is 11.6 Å². The molecule has 0 atom stereocenters. The Morgan fingerprint density at radius 2 is 1.97 bits per heavy atom. The molecule has 0 aliphatic carbocycles. The second kappa shape index (κ2) is 10.0. The van der Waals surface area contributed by atoms with Crippen molar-refractivity contribution in [3.63, 3.8) is 0 Å². The van der Waals surface area contributed by atoms with Gasteiger partial charge >= 0.3 is 0 Å². The van der Waals surface area contributed by atoms with Crippen molar-refractivity contribution in [3.8, 4) is 22.8 Å². The number of nitrogens with two attached hydrogens (primary N) is 1. The molecule has 0 aliphatic rings. The van der Waals surface area contributed by atoms with Crippen LogP contribution in [0.5, 0.6) is 5.75 Å². The number of nitrogens with one attached hydrogen (secondary N) is 1. The number of hydrazone groups is 1. The number of ether oxygens (including phenoxy) is 1. The van der Waals surface area contributed by atoms with Crippen LogP contribution in [-0.2, 0) is 0 Å². The van der Waals surface area contributed by atoms with Gasteiger partial charge in [0.15, 0.2) is 5.69 Å². The van der Waals surface area contributed by atoms with Gasteiger partial charge in [-0.25, -0.2) is 10.1 Å². The van der Waals surface area contributed by atoms with Crippen LogP contribution in [0, 0.1) is 0 Å². The molecule has 4 aromatic rings. The van der Waals surface area contributed by atoms with Crippen molar-refractivity contribution in [3.05, 3.63) is 71.9 Å². The van der Waals surface area contributed by atoms with E-state index in [1.807, 2.05) is 43.3 Å². The number of anilines is 1. The average molecular weight is 444 g/mol. The van der Waals surface area contributed by atoms with Gasteiger partial charge in [-0.3, -0.25) is 4.79 Å². The van der Waals surface area contributed by atoms with Gasteiger partial charge in [0.1, 0.15) is 11.4 Å². The largest absolute Gasteiger partial charge is 0.494 e. The number of carbonyl (C=O) groups is 1. The molecule has 2 aromatic heterocycles. The minimum absolute atomic E-state index is 0.00288. The van der Waals surface area contributed by atoms with Crippen molar-refractivity contribution in [2.24, 2.45) is 5.10 Å². The minimum atomic E-state index is -0.565. The molecular weight excluding hydrogens is 424 g/mol. The summed E-state index contributed by atoms with van der Waals surface area (Å²) in [7, 11) is 0. The fourth-order valence-electron chi connectivity index (χ4n) is 2.97. The summed E-state index contributed by atoms with van der Waals surface area (Å²) >= 11 is 0. The predicted octanol–water partition coefficient (Wildman–Crippen LogP) is 2.73. The van der Waals surface area contributed by atoms with Crippen molar-refractivity contribution >= 4 is 24.0 Å². The Morgan fingerprint density at radius 1 is 1.18 bits per heavy atom. The molecule has 0 fully saturated rings. The number of amides is 1. The second-order valence-electron chi connectivity index (χ2n) is 6.62. The number of aromatic nitrogens is 5. The van der Waals surface area contributed by atoms with E-state index in [9.17, 15) is 4.79 Å². The molecule has 33 heavy (non-hydrogen) atoms. The zero-order chi connectivity index (χ0) is 23.0. The topological polar surface area (TPSA) is 146 Å². The number of hydrogen-bond donors (Lipinski definition) is 2. The quantitative estimate of drug-likeness (QED) is 0.311. The number of benzene rings is 2. The average Bonchev–Trinajstić information content (AvgIpc) is 3.46. The normalized spacial score (nSPS) is 11.3. The van der Waals surface area contributed by atoms with Gasteiger partial charge in [-0.05, 0) is 53.1 Å². The minimum Gasteiger partial charge on any atom is -0.494 e. The van der Waals surface area contributed by atoms with Gasteiger partial charge in [0, 0.05) is 11.8 Å². The van der Waals surface area contributed by atoms with Gasteiger partial charge in [-0.2, -0.15) is 9.78 Å². The van der Waals surface area contributed by atoms with Crippen LogP contribution in [-0.4, -0.2) is 44.0 Å². The third-order valence-corrected chi connectivity index (χ3v) is 4.44. The van der Waals surface area contributed by atoms with E-state index in [-0.39, 0.29) is 17.3 Å². The molecule has 0 spiro atoms. The van der Waals surface area contributed by atoms with E-state index in [0.29, 0.717) is 23.6 Å². The molecule has 3 N–H and O–H groups in total. The van der Waals surface area contributed by atoms with E-state index in [4.69, 9.17) is 10.5 Å². The van der Waals surface area contributed by atoms with E-state index in [1.165, 1.54) is 10.9 Å². The lowest BCUT2D eigenvalue weighted by molar-refractivity contribution is 0.0950. The summed E-state index contributed by atoms with van der Waals surface area (Å²) in [5, 5.41) is 19.3. The van der Waals surface area contributed by atoms with E-state index in [0.717, 1.165) is 5.56 Å². The molecule has 0 unspecified atom stereocenters. The summed E-state index contributed by atoms with van der Waals surface area (Å²) in [5.41, 5.74) is 10.3. The molecular formula is C22H20N8O3. The molecule has 166 valence electrons. The maximum Gasteiger partial charge on any atom is 0.294 e. The van der Waals surface area contributed by atoms with Gasteiger partial charge in [0.25, 0.3) is 5.91 Å². The van der Waals surface area contributed by atoms with Crippen molar-refractivity contribution < 1.29 is 14.2 Å². The molecule has 4 rings (SSSR count). The summed E-state index contributed by atoms with van der Waals surface area (Å²) in [4.78, 5) is 12.8. The molecule has 1 amide bonds. The number of allylic oxidation sites excluding steroid dienone is 1. The van der Waals surface area contributed by atoms with Crippen LogP contribution >= 0.6 is 0 Å². The number of nitrogens with zero attached hydrogens (tertiary/aromatic N) is 6. The second-order valence-corrected chi connectivity index (χ2v) is 6.62. The Balaban J connectivity index is 1.60. The van der Waals surface area contributed by atoms with Crippen LogP contribution in [0.1, 0.15) is 23.0 Å². The Bertz CT molecular complexity index is 1280. The first-order valence-corrected chi connectivity index (χ1v) is 10.00. The van der Waals surface area contributed by atoms with E-state index in [1.54, 1.807) is 30.3 Å². The van der Waals surface area contributed by atoms with Crippen LogP contribution in [0.3, 0.4) is 0 Å². The van der Waals surface area contributed by atoms with E-state index < -0.39 is 5.91 Å². The predicted molar refractivity (Wildman–Crippen MR) is 122 cm³/mol. The Kier molecular flexibility index (Phi) is 6.50. The van der Waals surface area contributed by atoms with Crippen LogP contribution in [0.15, 0.2) is 70.4 Å². The summed E-state index contributed by atoms with van der Waals surface area (Å²) in [5.74, 6) is 0.232. The lowest BCUT2D eigenvalue weighted by atomic mass is 10.1. The summed E-state index contributed by atoms with van der Waals surface area (Å²) in [6.07, 6.45) is 5.03. The summed E-state index contributed by atoms with van der Waals surface area (Å²) in [6, 6.07) is 16.8. The number of carbonyl (C=O) groups excluding carboxylic acids is 1. The van der Waals surface area contributed by atoms with Crippen molar-refractivity contribution in [2.45, 2.75) is 6.92 Å². The summed E-state index contributed by atoms with van der Waals surface area (Å²) in [6.45, 7) is 2.43. The molecule has 0 radical (unpaired) electrons. The monoisotopic (exact) mass is 444 g/mol. The van der Waals surface area contributed by atoms with Gasteiger partial charge in [0.05, 0.1) is 6.61 Å². The molecule has 11 heteroatoms. The smallest absolute Gasteiger partial charge is 0.294 e. The Morgan fingerprint density at radius 3 is 2.67 bits per heavy atom. The molecule has 0 saturated carbocycles. The number of nitrogen functional groups attached to an aromatic ring is 1. The molecule has 0 saturated heterocycles. The van der Waals surface area contributed by atoms with Crippen LogP contribution < -0.4 is 15.9 Å². The van der Waals surface area contributed by atoms with Gasteiger partial charge < -0.3 is 10.5 Å². The lowest BCUT2D eigenvalue weighted by Crippen LogP contribution is -2.19. The maximum atomic E-state index is 12.8. The van der Waals surface area contributed by atoms with Crippen molar-refractivity contribution in [1.82, 2.24) is 30.7 Å². The third kappa shape index (κ3) is 4.93. The fraction of sp³-hybridized carbons (Fsp3) is 0.0909. The van der Waals surface area contributed by atoms with Gasteiger partial charge in [-0.15, -0.1) is 5.10 Å². The third-order valence-electron chi connectivity index (χ3n) is 4.44. The molecule has 0 aliphatic heterocycles. The Labute approximate surface area is 188 Å². The van der Waals surface area contributed by atoms with Crippen LogP contribution in [0.25, 0.3) is 23.2 Å². The van der Waals surface area contributed by atoms with E-state index >= 15 is 0 Å². The first-order valence-electron chi connectivity index (χ1n) is 10.00. The molecule has 11 nitrogen and oxygen atoms in total. The summed E-state index contributed by atoms with van der Waals surface area (Å²) < 4.78 is 11.4. The molecule has 2 heterocycles. The fourth-order valence-corrected chi connectivity index (χ4v) is 2.97. The van der Waals surface area contributed by atoms with Crippen LogP contribution in [0.4, 0.5) is 5.82 Å². The number of hydrogen-bond acceptors (Lipinski definition) is 9. The Hall–Kier alpha value is -4.80. The first kappa shape index (κ1) is 21.4. The highest BCUT2D eigenvalue weighted by molar-refractivity contribution is 5.98. The highest BCUT2D eigenvalue weighted by atomic mass is 16.6.